The van der Waals surface area contributed by atoms with Gasteiger partial charge in [-0.3, -0.25) is 9.78 Å². The normalized spacial score (nSPS) is 15.8. The summed E-state index contributed by atoms with van der Waals surface area (Å²) in [6.07, 6.45) is 1.61. The predicted octanol–water partition coefficient (Wildman–Crippen LogP) is 6.30. The summed E-state index contributed by atoms with van der Waals surface area (Å²) in [6, 6.07) is 9.15. The number of nitrogens with one attached hydrogen (secondary N) is 3. The van der Waals surface area contributed by atoms with Gasteiger partial charge in [0.25, 0.3) is 0 Å². The van der Waals surface area contributed by atoms with Crippen LogP contribution in [0.3, 0.4) is 0 Å². The van der Waals surface area contributed by atoms with Crippen molar-refractivity contribution in [1.82, 2.24) is 20.5 Å². The third kappa shape index (κ3) is 10.9. The molecule has 0 saturated carbocycles. The molecule has 1 saturated heterocycles. The Labute approximate surface area is 284 Å². The van der Waals surface area contributed by atoms with Gasteiger partial charge in [0.2, 0.25) is 5.91 Å². The van der Waals surface area contributed by atoms with E-state index in [2.05, 4.69) is 20.9 Å². The number of nitrogens with zero attached hydrogens (tertiary/aromatic N) is 2. The molecule has 2 heterocycles. The number of pyridine rings is 1. The minimum atomic E-state index is -1.38. The maximum absolute atomic E-state index is 15.3. The van der Waals surface area contributed by atoms with Crippen molar-refractivity contribution in [1.29, 1.82) is 0 Å². The number of ether oxygens (including phenoxy) is 2. The van der Waals surface area contributed by atoms with Crippen LogP contribution in [0.4, 0.5) is 28.4 Å². The second-order valence-corrected chi connectivity index (χ2v) is 14.0. The van der Waals surface area contributed by atoms with E-state index in [1.54, 1.807) is 46.4 Å². The standard InChI is InChI=1S/C36H44F3N5O5/c1-35(2,3)48-33(46)43-31(30(22-7-11-24(37)12-8-22)23-9-13-25(38)14-10-23)32(45)42-29-20-40-19-28(39)27(29)16-15-26-21-44(18-17-41-26)34(47)49-36(4,5)6/h7-14,19-20,26,30-31,41H,15-18,21H2,1-6H3,(H,42,45)(H,43,46)/t26?,31-/m0/s1. The van der Waals surface area contributed by atoms with Gasteiger partial charge in [-0.1, -0.05) is 24.3 Å². The highest BCUT2D eigenvalue weighted by molar-refractivity contribution is 5.98. The quantitative estimate of drug-likeness (QED) is 0.242. The number of hydrogen-bond donors (Lipinski definition) is 3. The fourth-order valence-corrected chi connectivity index (χ4v) is 5.52. The highest BCUT2D eigenvalue weighted by Gasteiger charge is 2.35. The zero-order chi connectivity index (χ0) is 35.9. The van der Waals surface area contributed by atoms with Gasteiger partial charge in [0, 0.05) is 37.2 Å². The number of piperazine rings is 1. The molecule has 264 valence electrons. The zero-order valence-corrected chi connectivity index (χ0v) is 28.6. The van der Waals surface area contributed by atoms with E-state index in [-0.39, 0.29) is 23.7 Å². The topological polar surface area (TPSA) is 122 Å². The first-order valence-electron chi connectivity index (χ1n) is 16.1. The molecular weight excluding hydrogens is 639 g/mol. The Hall–Kier alpha value is -4.65. The monoisotopic (exact) mass is 683 g/mol. The van der Waals surface area contributed by atoms with Crippen LogP contribution < -0.4 is 16.0 Å². The highest BCUT2D eigenvalue weighted by Crippen LogP contribution is 2.31. The second-order valence-electron chi connectivity index (χ2n) is 14.0. The Morgan fingerprint density at radius 3 is 2.02 bits per heavy atom. The number of carbonyl (C=O) groups excluding carboxylic acids is 3. The lowest BCUT2D eigenvalue weighted by Crippen LogP contribution is -2.53. The molecule has 1 aromatic heterocycles. The number of amides is 3. The third-order valence-corrected chi connectivity index (χ3v) is 7.66. The van der Waals surface area contributed by atoms with Crippen LogP contribution in [0, 0.1) is 17.5 Å². The SMILES string of the molecule is CC(C)(C)OC(=O)N[C@H](C(=O)Nc1cncc(F)c1CCC1CN(C(=O)OC(C)(C)C)CCN1)C(c1ccc(F)cc1)c1ccc(F)cc1. The predicted molar refractivity (Wildman–Crippen MR) is 179 cm³/mol. The number of carbonyl (C=O) groups is 3. The van der Waals surface area contributed by atoms with Crippen LogP contribution in [0.15, 0.2) is 60.9 Å². The molecule has 1 fully saturated rings. The molecular formula is C36H44F3N5O5. The molecule has 3 N–H and O–H groups in total. The van der Waals surface area contributed by atoms with Crippen molar-refractivity contribution in [2.24, 2.45) is 0 Å². The lowest BCUT2D eigenvalue weighted by atomic mass is 9.84. The van der Waals surface area contributed by atoms with Gasteiger partial charge in [0.05, 0.1) is 18.1 Å². The molecule has 13 heteroatoms. The lowest BCUT2D eigenvalue weighted by Gasteiger charge is -2.35. The maximum atomic E-state index is 15.3. The molecule has 0 radical (unpaired) electrons. The molecule has 0 bridgehead atoms. The van der Waals surface area contributed by atoms with Gasteiger partial charge < -0.3 is 30.3 Å². The Morgan fingerprint density at radius 2 is 1.47 bits per heavy atom. The molecule has 10 nitrogen and oxygen atoms in total. The first-order chi connectivity index (χ1) is 23.0. The highest BCUT2D eigenvalue weighted by atomic mass is 19.1. The third-order valence-electron chi connectivity index (χ3n) is 7.66. The summed E-state index contributed by atoms with van der Waals surface area (Å²) >= 11 is 0. The summed E-state index contributed by atoms with van der Waals surface area (Å²) in [4.78, 5) is 45.5. The number of alkyl carbamates (subject to hydrolysis) is 1. The molecule has 0 spiro atoms. The first-order valence-corrected chi connectivity index (χ1v) is 16.1. The van der Waals surface area contributed by atoms with E-state index in [1.807, 2.05) is 0 Å². The molecule has 0 aliphatic carbocycles. The summed E-state index contributed by atoms with van der Waals surface area (Å²) in [5, 5.41) is 8.72. The summed E-state index contributed by atoms with van der Waals surface area (Å²) in [5.41, 5.74) is -0.404. The largest absolute Gasteiger partial charge is 0.444 e. The summed E-state index contributed by atoms with van der Waals surface area (Å²) in [6.45, 7) is 11.7. The van der Waals surface area contributed by atoms with Crippen molar-refractivity contribution in [2.45, 2.75) is 83.6 Å². The van der Waals surface area contributed by atoms with Gasteiger partial charge >= 0.3 is 12.2 Å². The Balaban J connectivity index is 1.62. The summed E-state index contributed by atoms with van der Waals surface area (Å²) < 4.78 is 54.2. The molecule has 3 aromatic rings. The van der Waals surface area contributed by atoms with Crippen LogP contribution in [0.1, 0.15) is 70.6 Å². The van der Waals surface area contributed by atoms with Crippen LogP contribution in [0.2, 0.25) is 0 Å². The van der Waals surface area contributed by atoms with Gasteiger partial charge in [-0.2, -0.15) is 0 Å². The number of hydrogen-bond acceptors (Lipinski definition) is 7. The van der Waals surface area contributed by atoms with Crippen LogP contribution in [0.5, 0.6) is 0 Å². The fourth-order valence-electron chi connectivity index (χ4n) is 5.52. The van der Waals surface area contributed by atoms with Crippen molar-refractivity contribution in [3.63, 3.8) is 0 Å². The van der Waals surface area contributed by atoms with Gasteiger partial charge in [-0.05, 0) is 89.8 Å². The van der Waals surface area contributed by atoms with E-state index in [4.69, 9.17) is 9.47 Å². The van der Waals surface area contributed by atoms with E-state index in [0.29, 0.717) is 37.2 Å². The Bertz CT molecular complexity index is 1560. The average molecular weight is 684 g/mol. The Kier molecular flexibility index (Phi) is 11.9. The van der Waals surface area contributed by atoms with E-state index < -0.39 is 58.7 Å². The van der Waals surface area contributed by atoms with Crippen LogP contribution in [-0.4, -0.2) is 70.9 Å². The van der Waals surface area contributed by atoms with Crippen molar-refractivity contribution in [3.8, 4) is 0 Å². The number of rotatable bonds is 9. The van der Waals surface area contributed by atoms with Gasteiger partial charge in [-0.25, -0.2) is 22.8 Å². The molecule has 1 unspecified atom stereocenters. The van der Waals surface area contributed by atoms with Crippen molar-refractivity contribution in [3.05, 3.63) is 95.1 Å². The van der Waals surface area contributed by atoms with Gasteiger partial charge in [0.1, 0.15) is 34.7 Å². The first kappa shape index (κ1) is 37.2. The molecule has 1 aliphatic rings. The van der Waals surface area contributed by atoms with E-state index in [1.165, 1.54) is 54.7 Å². The average Bonchev–Trinajstić information content (AvgIpc) is 3.00. The number of halogens is 3. The van der Waals surface area contributed by atoms with E-state index in [0.717, 1.165) is 6.20 Å². The van der Waals surface area contributed by atoms with Crippen LogP contribution in [-0.2, 0) is 20.7 Å². The van der Waals surface area contributed by atoms with Crippen LogP contribution in [0.25, 0.3) is 0 Å². The van der Waals surface area contributed by atoms with Gasteiger partial charge in [-0.15, -0.1) is 0 Å². The minimum absolute atomic E-state index is 0.0813. The van der Waals surface area contributed by atoms with Crippen molar-refractivity contribution < 1.29 is 37.0 Å². The number of anilines is 1. The second kappa shape index (κ2) is 15.7. The molecule has 1 aliphatic heterocycles. The minimum Gasteiger partial charge on any atom is -0.444 e. The molecule has 2 aromatic carbocycles. The van der Waals surface area contributed by atoms with E-state index >= 15 is 4.39 Å². The maximum Gasteiger partial charge on any atom is 0.410 e. The molecule has 2 atom stereocenters. The smallest absolute Gasteiger partial charge is 0.410 e. The molecule has 3 amide bonds. The number of benzene rings is 2. The zero-order valence-electron chi connectivity index (χ0n) is 28.6. The lowest BCUT2D eigenvalue weighted by molar-refractivity contribution is -0.118. The van der Waals surface area contributed by atoms with Gasteiger partial charge in [0.15, 0.2) is 0 Å². The Morgan fingerprint density at radius 1 is 0.898 bits per heavy atom. The molecule has 49 heavy (non-hydrogen) atoms. The fraction of sp³-hybridized carbons (Fsp3) is 0.444. The molecule has 4 rings (SSSR count). The number of aromatic nitrogens is 1. The van der Waals surface area contributed by atoms with E-state index in [9.17, 15) is 23.2 Å². The van der Waals surface area contributed by atoms with Crippen LogP contribution >= 0.6 is 0 Å². The van der Waals surface area contributed by atoms with Crippen molar-refractivity contribution in [2.75, 3.05) is 25.0 Å². The summed E-state index contributed by atoms with van der Waals surface area (Å²) in [7, 11) is 0. The van der Waals surface area contributed by atoms with Crippen molar-refractivity contribution >= 4 is 23.8 Å². The summed E-state index contributed by atoms with van der Waals surface area (Å²) in [5.74, 6) is -3.36.